The van der Waals surface area contributed by atoms with Gasteiger partial charge in [-0.25, -0.2) is 0 Å². The molecule has 1 N–H and O–H groups in total. The topological polar surface area (TPSA) is 37.3 Å². The van der Waals surface area contributed by atoms with Crippen molar-refractivity contribution in [3.05, 3.63) is 58.7 Å². The smallest absolute Gasteiger partial charge is 0.303 e. The van der Waals surface area contributed by atoms with E-state index in [0.717, 1.165) is 5.56 Å². The van der Waals surface area contributed by atoms with Gasteiger partial charge in [0.2, 0.25) is 0 Å². The second-order valence-electron chi connectivity index (χ2n) is 5.42. The van der Waals surface area contributed by atoms with Crippen molar-refractivity contribution >= 4 is 5.97 Å². The minimum atomic E-state index is -0.751. The number of carboxylic acid groups (broad SMARTS) is 1. The van der Waals surface area contributed by atoms with Crippen LogP contribution < -0.4 is 0 Å². The summed E-state index contributed by atoms with van der Waals surface area (Å²) in [6.45, 7) is 6.29. The van der Waals surface area contributed by atoms with E-state index in [2.05, 4.69) is 51.1 Å². The molecule has 2 heteroatoms. The van der Waals surface area contributed by atoms with Gasteiger partial charge in [-0.05, 0) is 49.4 Å². The Morgan fingerprint density at radius 2 is 1.65 bits per heavy atom. The fraction of sp³-hybridized carbons (Fsp3) is 0.278. The molecule has 0 aliphatic heterocycles. The van der Waals surface area contributed by atoms with Crippen molar-refractivity contribution in [2.24, 2.45) is 0 Å². The number of carboxylic acids is 1. The summed E-state index contributed by atoms with van der Waals surface area (Å²) in [6.07, 6.45) is 0.753. The van der Waals surface area contributed by atoms with E-state index >= 15 is 0 Å². The van der Waals surface area contributed by atoms with Crippen LogP contribution in [0.25, 0.3) is 11.1 Å². The summed E-state index contributed by atoms with van der Waals surface area (Å²) in [5, 5.41) is 8.79. The molecule has 0 bridgehead atoms. The summed E-state index contributed by atoms with van der Waals surface area (Å²) >= 11 is 0. The molecule has 0 aliphatic carbocycles. The maximum Gasteiger partial charge on any atom is 0.303 e. The molecule has 2 aromatic rings. The van der Waals surface area contributed by atoms with E-state index in [1.54, 1.807) is 0 Å². The fourth-order valence-electron chi connectivity index (χ4n) is 2.52. The Labute approximate surface area is 120 Å². The van der Waals surface area contributed by atoms with Crippen molar-refractivity contribution in [2.75, 3.05) is 0 Å². The summed E-state index contributed by atoms with van der Waals surface area (Å²) in [7, 11) is 0. The Morgan fingerprint density at radius 1 is 1.00 bits per heavy atom. The number of aryl methyl sites for hydroxylation is 4. The Hall–Kier alpha value is -2.09. The highest BCUT2D eigenvalue weighted by atomic mass is 16.4. The molecule has 0 saturated heterocycles. The molecule has 2 aromatic carbocycles. The lowest BCUT2D eigenvalue weighted by molar-refractivity contribution is -0.136. The lowest BCUT2D eigenvalue weighted by atomic mass is 9.94. The molecule has 0 atom stereocenters. The first-order valence-corrected chi connectivity index (χ1v) is 6.85. The van der Waals surface area contributed by atoms with Crippen LogP contribution in [0, 0.1) is 20.8 Å². The zero-order valence-electron chi connectivity index (χ0n) is 12.2. The summed E-state index contributed by atoms with van der Waals surface area (Å²) in [5.74, 6) is -0.751. The van der Waals surface area contributed by atoms with Crippen molar-refractivity contribution < 1.29 is 9.90 Å². The summed E-state index contributed by atoms with van der Waals surface area (Å²) in [6, 6.07) is 12.7. The van der Waals surface area contributed by atoms with Crippen molar-refractivity contribution in [2.45, 2.75) is 33.6 Å². The van der Waals surface area contributed by atoms with Gasteiger partial charge in [-0.1, -0.05) is 47.5 Å². The van der Waals surface area contributed by atoms with Crippen LogP contribution in [0.2, 0.25) is 0 Å². The van der Waals surface area contributed by atoms with Crippen LogP contribution >= 0.6 is 0 Å². The predicted octanol–water partition coefficient (Wildman–Crippen LogP) is 4.30. The summed E-state index contributed by atoms with van der Waals surface area (Å²) in [5.41, 5.74) is 7.18. The molecule has 0 amide bonds. The van der Waals surface area contributed by atoms with Gasteiger partial charge >= 0.3 is 5.97 Å². The average Bonchev–Trinajstić information content (AvgIpc) is 2.36. The highest BCUT2D eigenvalue weighted by Gasteiger charge is 2.06. The lowest BCUT2D eigenvalue weighted by Gasteiger charge is -2.11. The summed E-state index contributed by atoms with van der Waals surface area (Å²) in [4.78, 5) is 10.7. The quantitative estimate of drug-likeness (QED) is 0.897. The Balaban J connectivity index is 2.39. The SMILES string of the molecule is Cc1cc(C)cc(-c2cc(CCC(=O)O)ccc2C)c1. The Bertz CT molecular complexity index is 622. The normalized spacial score (nSPS) is 10.6. The van der Waals surface area contributed by atoms with E-state index < -0.39 is 5.97 Å². The van der Waals surface area contributed by atoms with Crippen molar-refractivity contribution in [3.8, 4) is 11.1 Å². The first-order valence-electron chi connectivity index (χ1n) is 6.85. The number of hydrogen-bond donors (Lipinski definition) is 1. The first kappa shape index (κ1) is 14.3. The zero-order valence-corrected chi connectivity index (χ0v) is 12.2. The molecule has 0 aliphatic rings. The fourth-order valence-corrected chi connectivity index (χ4v) is 2.52. The molecular weight excluding hydrogens is 248 g/mol. The van der Waals surface area contributed by atoms with Gasteiger partial charge in [-0.3, -0.25) is 4.79 Å². The van der Waals surface area contributed by atoms with Gasteiger partial charge < -0.3 is 5.11 Å². The minimum absolute atomic E-state index is 0.176. The van der Waals surface area contributed by atoms with Crippen LogP contribution in [0.1, 0.15) is 28.7 Å². The van der Waals surface area contributed by atoms with Gasteiger partial charge in [0.15, 0.2) is 0 Å². The van der Waals surface area contributed by atoms with E-state index in [4.69, 9.17) is 5.11 Å². The first-order chi connectivity index (χ1) is 9.45. The molecule has 0 fully saturated rings. The van der Waals surface area contributed by atoms with Gasteiger partial charge in [0.25, 0.3) is 0 Å². The van der Waals surface area contributed by atoms with Crippen molar-refractivity contribution in [3.63, 3.8) is 0 Å². The molecule has 0 saturated carbocycles. The molecule has 20 heavy (non-hydrogen) atoms. The molecular formula is C18H20O2. The van der Waals surface area contributed by atoms with Crippen molar-refractivity contribution in [1.82, 2.24) is 0 Å². The second-order valence-corrected chi connectivity index (χ2v) is 5.42. The maximum atomic E-state index is 10.7. The highest BCUT2D eigenvalue weighted by Crippen LogP contribution is 2.27. The molecule has 104 valence electrons. The Morgan fingerprint density at radius 3 is 2.25 bits per heavy atom. The number of aliphatic carboxylic acids is 1. The van der Waals surface area contributed by atoms with Crippen LogP contribution in [0.3, 0.4) is 0 Å². The largest absolute Gasteiger partial charge is 0.481 e. The van der Waals surface area contributed by atoms with E-state index in [1.807, 2.05) is 6.07 Å². The molecule has 0 aromatic heterocycles. The molecule has 0 radical (unpaired) electrons. The van der Waals surface area contributed by atoms with Gasteiger partial charge in [-0.15, -0.1) is 0 Å². The van der Waals surface area contributed by atoms with Gasteiger partial charge in [0.05, 0.1) is 0 Å². The van der Waals surface area contributed by atoms with Crippen LogP contribution in [0.5, 0.6) is 0 Å². The van der Waals surface area contributed by atoms with Crippen molar-refractivity contribution in [1.29, 1.82) is 0 Å². The number of rotatable bonds is 4. The average molecular weight is 268 g/mol. The molecule has 2 rings (SSSR count). The third kappa shape index (κ3) is 3.47. The predicted molar refractivity (Wildman–Crippen MR) is 82.0 cm³/mol. The number of benzene rings is 2. The van der Waals surface area contributed by atoms with E-state index in [1.165, 1.54) is 27.8 Å². The van der Waals surface area contributed by atoms with E-state index in [-0.39, 0.29) is 6.42 Å². The van der Waals surface area contributed by atoms with Crippen LogP contribution in [-0.2, 0) is 11.2 Å². The zero-order chi connectivity index (χ0) is 14.7. The molecule has 0 unspecified atom stereocenters. The Kier molecular flexibility index (Phi) is 4.23. The maximum absolute atomic E-state index is 10.7. The van der Waals surface area contributed by atoms with Crippen LogP contribution in [0.15, 0.2) is 36.4 Å². The van der Waals surface area contributed by atoms with Gasteiger partial charge in [0.1, 0.15) is 0 Å². The van der Waals surface area contributed by atoms with Gasteiger partial charge in [0, 0.05) is 6.42 Å². The van der Waals surface area contributed by atoms with E-state index in [9.17, 15) is 4.79 Å². The highest BCUT2D eigenvalue weighted by molar-refractivity contribution is 5.70. The van der Waals surface area contributed by atoms with Crippen LogP contribution in [-0.4, -0.2) is 11.1 Å². The lowest BCUT2D eigenvalue weighted by Crippen LogP contribution is -1.98. The molecule has 0 spiro atoms. The second kappa shape index (κ2) is 5.91. The minimum Gasteiger partial charge on any atom is -0.481 e. The third-order valence-corrected chi connectivity index (χ3v) is 3.46. The monoisotopic (exact) mass is 268 g/mol. The third-order valence-electron chi connectivity index (χ3n) is 3.46. The standard InChI is InChI=1S/C18H20O2/c1-12-8-13(2)10-16(9-12)17-11-15(5-4-14(17)3)6-7-18(19)20/h4-5,8-11H,6-7H2,1-3H3,(H,19,20). The van der Waals surface area contributed by atoms with Gasteiger partial charge in [-0.2, -0.15) is 0 Å². The number of carbonyl (C=O) groups is 1. The molecule has 2 nitrogen and oxygen atoms in total. The molecule has 0 heterocycles. The summed E-state index contributed by atoms with van der Waals surface area (Å²) < 4.78 is 0. The van der Waals surface area contributed by atoms with Crippen LogP contribution in [0.4, 0.5) is 0 Å². The van der Waals surface area contributed by atoms with E-state index in [0.29, 0.717) is 6.42 Å². The number of hydrogen-bond acceptors (Lipinski definition) is 1.